The first-order valence-electron chi connectivity index (χ1n) is 3.06. The lowest BCUT2D eigenvalue weighted by atomic mass is 10.2. The molecule has 1 radical (unpaired) electrons. The van der Waals surface area contributed by atoms with E-state index in [-0.39, 0.29) is 0 Å². The van der Waals surface area contributed by atoms with Gasteiger partial charge in [-0.3, -0.25) is 9.78 Å². The molecule has 0 aliphatic heterocycles. The van der Waals surface area contributed by atoms with Crippen LogP contribution < -0.4 is 0 Å². The summed E-state index contributed by atoms with van der Waals surface area (Å²) in [5, 5.41) is 0. The minimum absolute atomic E-state index is 0.574. The molecule has 0 aliphatic rings. The third kappa shape index (κ3) is 1.41. The van der Waals surface area contributed by atoms with Crippen LogP contribution in [0.4, 0.5) is 0 Å². The summed E-state index contributed by atoms with van der Waals surface area (Å²) in [7, 11) is 0. The van der Waals surface area contributed by atoms with Gasteiger partial charge in [-0.15, -0.1) is 0 Å². The van der Waals surface area contributed by atoms with Crippen molar-refractivity contribution in [2.24, 2.45) is 0 Å². The molecule has 2 heteroatoms. The van der Waals surface area contributed by atoms with Crippen molar-refractivity contribution in [3.05, 3.63) is 29.1 Å². The van der Waals surface area contributed by atoms with E-state index < -0.39 is 0 Å². The van der Waals surface area contributed by atoms with E-state index in [4.69, 9.17) is 0 Å². The van der Waals surface area contributed by atoms with Gasteiger partial charge in [0, 0.05) is 17.0 Å². The van der Waals surface area contributed by atoms with Crippen molar-refractivity contribution >= 4 is 6.29 Å². The van der Waals surface area contributed by atoms with Gasteiger partial charge in [0.25, 0.3) is 0 Å². The molecule has 1 heterocycles. The highest BCUT2D eigenvalue weighted by Gasteiger charge is 1.94. The Hall–Kier alpha value is -1.18. The average molecular weight is 134 g/mol. The smallest absolute Gasteiger partial charge is 0.233 e. The molecule has 2 nitrogen and oxygen atoms in total. The van der Waals surface area contributed by atoms with E-state index in [9.17, 15) is 4.79 Å². The summed E-state index contributed by atoms with van der Waals surface area (Å²) >= 11 is 0. The summed E-state index contributed by atoms with van der Waals surface area (Å²) in [5.41, 5.74) is 2.29. The van der Waals surface area contributed by atoms with Crippen LogP contribution in [0.25, 0.3) is 0 Å². The van der Waals surface area contributed by atoms with Crippen LogP contribution in [0.15, 0.2) is 12.1 Å². The highest BCUT2D eigenvalue weighted by atomic mass is 16.1. The Labute approximate surface area is 59.9 Å². The number of carbonyl (C=O) groups excluding carboxylic acids is 1. The molecule has 10 heavy (non-hydrogen) atoms. The SMILES string of the molecule is Cc1cc([C]=O)cc(C)n1. The molecule has 1 rings (SSSR count). The highest BCUT2D eigenvalue weighted by Crippen LogP contribution is 2.00. The molecule has 0 aromatic carbocycles. The first kappa shape index (κ1) is 6.93. The second kappa shape index (κ2) is 2.60. The maximum absolute atomic E-state index is 10.2. The molecule has 1 aromatic heterocycles. The first-order valence-corrected chi connectivity index (χ1v) is 3.06. The lowest BCUT2D eigenvalue weighted by molar-refractivity contribution is 0.562. The van der Waals surface area contributed by atoms with Crippen LogP contribution in [-0.2, 0) is 4.79 Å². The van der Waals surface area contributed by atoms with Crippen molar-refractivity contribution in [2.75, 3.05) is 0 Å². The summed E-state index contributed by atoms with van der Waals surface area (Å²) in [6.07, 6.45) is 1.82. The van der Waals surface area contributed by atoms with Gasteiger partial charge in [0.05, 0.1) is 0 Å². The summed E-state index contributed by atoms with van der Waals surface area (Å²) in [6, 6.07) is 3.42. The van der Waals surface area contributed by atoms with Gasteiger partial charge < -0.3 is 0 Å². The van der Waals surface area contributed by atoms with Crippen molar-refractivity contribution in [1.29, 1.82) is 0 Å². The molecule has 0 spiro atoms. The van der Waals surface area contributed by atoms with Crippen LogP contribution >= 0.6 is 0 Å². The monoisotopic (exact) mass is 134 g/mol. The van der Waals surface area contributed by atoms with E-state index in [1.807, 2.05) is 20.1 Å². The number of nitrogens with zero attached hydrogens (tertiary/aromatic N) is 1. The highest BCUT2D eigenvalue weighted by molar-refractivity contribution is 5.75. The van der Waals surface area contributed by atoms with E-state index in [0.29, 0.717) is 5.56 Å². The van der Waals surface area contributed by atoms with Gasteiger partial charge in [0.2, 0.25) is 6.29 Å². The molecule has 0 atom stereocenters. The number of aryl methyl sites for hydroxylation is 2. The Kier molecular flexibility index (Phi) is 1.81. The molecule has 1 aromatic rings. The predicted octanol–water partition coefficient (Wildman–Crippen LogP) is 1.16. The standard InChI is InChI=1S/C8H8NO/c1-6-3-8(5-10)4-7(2)9-6/h3-4H,1-2H3. The predicted molar refractivity (Wildman–Crippen MR) is 38.5 cm³/mol. The Morgan fingerprint density at radius 3 is 2.20 bits per heavy atom. The maximum Gasteiger partial charge on any atom is 0.233 e. The van der Waals surface area contributed by atoms with Gasteiger partial charge >= 0.3 is 0 Å². The van der Waals surface area contributed by atoms with Crippen LogP contribution in [0.2, 0.25) is 0 Å². The van der Waals surface area contributed by atoms with Gasteiger partial charge in [-0.05, 0) is 26.0 Å². The zero-order valence-electron chi connectivity index (χ0n) is 6.01. The summed E-state index contributed by atoms with van der Waals surface area (Å²) in [6.45, 7) is 3.71. The minimum atomic E-state index is 0.574. The summed E-state index contributed by atoms with van der Waals surface area (Å²) in [4.78, 5) is 14.3. The summed E-state index contributed by atoms with van der Waals surface area (Å²) in [5.74, 6) is 0. The van der Waals surface area contributed by atoms with Crippen molar-refractivity contribution in [3.8, 4) is 0 Å². The van der Waals surface area contributed by atoms with E-state index in [1.165, 1.54) is 0 Å². The third-order valence-corrected chi connectivity index (χ3v) is 1.20. The molecule has 0 unspecified atom stereocenters. The number of hydrogen-bond donors (Lipinski definition) is 0. The second-order valence-corrected chi connectivity index (χ2v) is 2.24. The molecule has 0 bridgehead atoms. The molecular formula is C8H8NO. The molecule has 51 valence electrons. The number of pyridine rings is 1. The lowest BCUT2D eigenvalue weighted by Gasteiger charge is -1.94. The van der Waals surface area contributed by atoms with Gasteiger partial charge in [-0.1, -0.05) is 0 Å². The number of hydrogen-bond acceptors (Lipinski definition) is 2. The Bertz CT molecular complexity index is 235. The van der Waals surface area contributed by atoms with E-state index in [2.05, 4.69) is 4.98 Å². The fraction of sp³-hybridized carbons (Fsp3) is 0.250. The summed E-state index contributed by atoms with van der Waals surface area (Å²) < 4.78 is 0. The Balaban J connectivity index is 3.18. The van der Waals surface area contributed by atoms with E-state index in [0.717, 1.165) is 11.4 Å². The molecule has 0 fully saturated rings. The average Bonchev–Trinajstić information content (AvgIpc) is 1.85. The zero-order valence-corrected chi connectivity index (χ0v) is 6.01. The molecule has 0 saturated carbocycles. The van der Waals surface area contributed by atoms with Gasteiger partial charge in [-0.2, -0.15) is 0 Å². The van der Waals surface area contributed by atoms with Gasteiger partial charge in [0.1, 0.15) is 0 Å². The largest absolute Gasteiger partial charge is 0.285 e. The number of rotatable bonds is 1. The van der Waals surface area contributed by atoms with E-state index in [1.54, 1.807) is 12.1 Å². The fourth-order valence-electron chi connectivity index (χ4n) is 0.893. The van der Waals surface area contributed by atoms with Crippen molar-refractivity contribution in [3.63, 3.8) is 0 Å². The zero-order chi connectivity index (χ0) is 7.56. The Morgan fingerprint density at radius 2 is 1.80 bits per heavy atom. The van der Waals surface area contributed by atoms with Gasteiger partial charge in [-0.25, -0.2) is 0 Å². The van der Waals surface area contributed by atoms with Crippen LogP contribution in [0, 0.1) is 13.8 Å². The fourth-order valence-corrected chi connectivity index (χ4v) is 0.893. The van der Waals surface area contributed by atoms with Crippen molar-refractivity contribution < 1.29 is 4.79 Å². The maximum atomic E-state index is 10.2. The molecule has 0 aliphatic carbocycles. The van der Waals surface area contributed by atoms with Crippen molar-refractivity contribution in [2.45, 2.75) is 13.8 Å². The minimum Gasteiger partial charge on any atom is -0.285 e. The van der Waals surface area contributed by atoms with Gasteiger partial charge in [0.15, 0.2) is 0 Å². The van der Waals surface area contributed by atoms with Crippen LogP contribution in [0.5, 0.6) is 0 Å². The van der Waals surface area contributed by atoms with Crippen LogP contribution in [0.3, 0.4) is 0 Å². The quantitative estimate of drug-likeness (QED) is 0.576. The second-order valence-electron chi connectivity index (χ2n) is 2.24. The molecule has 0 saturated heterocycles. The topological polar surface area (TPSA) is 30.0 Å². The normalized spacial score (nSPS) is 9.40. The van der Waals surface area contributed by atoms with E-state index >= 15 is 0 Å². The molecular weight excluding hydrogens is 126 g/mol. The third-order valence-electron chi connectivity index (χ3n) is 1.20. The Morgan fingerprint density at radius 1 is 1.30 bits per heavy atom. The lowest BCUT2D eigenvalue weighted by Crippen LogP contribution is -1.89. The molecule has 0 N–H and O–H groups in total. The first-order chi connectivity index (χ1) is 4.72. The number of aromatic nitrogens is 1. The van der Waals surface area contributed by atoms with Crippen LogP contribution in [-0.4, -0.2) is 11.3 Å². The van der Waals surface area contributed by atoms with Crippen molar-refractivity contribution in [1.82, 2.24) is 4.98 Å². The van der Waals surface area contributed by atoms with Crippen LogP contribution in [0.1, 0.15) is 17.0 Å². The molecule has 0 amide bonds.